The van der Waals surface area contributed by atoms with Gasteiger partial charge in [-0.25, -0.2) is 0 Å². The van der Waals surface area contributed by atoms with Gasteiger partial charge >= 0.3 is 0 Å². The van der Waals surface area contributed by atoms with Crippen molar-refractivity contribution in [2.45, 2.75) is 26.8 Å². The van der Waals surface area contributed by atoms with E-state index in [0.717, 1.165) is 38.5 Å². The summed E-state index contributed by atoms with van der Waals surface area (Å²) in [5.74, 6) is 1.02. The number of hydrogen-bond donors (Lipinski definition) is 1. The molecule has 0 bridgehead atoms. The van der Waals surface area contributed by atoms with Gasteiger partial charge in [0, 0.05) is 16.4 Å². The Labute approximate surface area is 206 Å². The number of halogens is 1. The number of benzene rings is 2. The Morgan fingerprint density at radius 2 is 1.85 bits per heavy atom. The summed E-state index contributed by atoms with van der Waals surface area (Å²) in [6.07, 6.45) is 0. The molecule has 5 rings (SSSR count). The van der Waals surface area contributed by atoms with Gasteiger partial charge in [-0.15, -0.1) is 11.3 Å². The summed E-state index contributed by atoms with van der Waals surface area (Å²) in [6, 6.07) is 17.8. The quantitative estimate of drug-likeness (QED) is 0.311. The van der Waals surface area contributed by atoms with Crippen LogP contribution in [0.25, 0.3) is 16.3 Å². The van der Waals surface area contributed by atoms with E-state index in [1.807, 2.05) is 53.6 Å². The zero-order valence-electron chi connectivity index (χ0n) is 18.3. The van der Waals surface area contributed by atoms with E-state index in [0.29, 0.717) is 21.9 Å². The average molecular weight is 493 g/mol. The molecule has 0 saturated carbocycles. The van der Waals surface area contributed by atoms with E-state index in [1.54, 1.807) is 11.3 Å². The number of nitrogens with zero attached hydrogens (tertiary/aromatic N) is 3. The molecule has 0 amide bonds. The van der Waals surface area contributed by atoms with Gasteiger partial charge < -0.3 is 9.84 Å². The summed E-state index contributed by atoms with van der Waals surface area (Å²) in [5, 5.41) is 11.0. The number of anilines is 1. The number of nitrogens with one attached hydrogen (secondary N) is 1. The highest BCUT2D eigenvalue weighted by atomic mass is 35.5. The van der Waals surface area contributed by atoms with Crippen LogP contribution in [-0.2, 0) is 0 Å². The third-order valence-corrected chi connectivity index (χ3v) is 6.93. The van der Waals surface area contributed by atoms with Crippen LogP contribution in [0.3, 0.4) is 0 Å². The lowest BCUT2D eigenvalue weighted by Crippen LogP contribution is -2.46. The maximum atomic E-state index is 6.32. The monoisotopic (exact) mass is 492 g/mol. The van der Waals surface area contributed by atoms with Gasteiger partial charge in [-0.05, 0) is 85.4 Å². The van der Waals surface area contributed by atoms with Crippen LogP contribution in [0.4, 0.5) is 5.69 Å². The SMILES string of the molecule is CC1=C(c2nc(-c3cccs3)no2)C(c2cccc(Cl)c2)NC(=S)N1c1cc(C)cc(C)c1. The lowest BCUT2D eigenvalue weighted by atomic mass is 9.94. The molecule has 1 atom stereocenters. The van der Waals surface area contributed by atoms with Crippen molar-refractivity contribution in [1.82, 2.24) is 15.5 Å². The molecule has 0 saturated heterocycles. The summed E-state index contributed by atoms with van der Waals surface area (Å²) in [4.78, 5) is 7.73. The second-order valence-electron chi connectivity index (χ2n) is 8.02. The molecule has 0 aliphatic carbocycles. The van der Waals surface area contributed by atoms with Gasteiger partial charge in [0.25, 0.3) is 5.89 Å². The van der Waals surface area contributed by atoms with E-state index < -0.39 is 0 Å². The second kappa shape index (κ2) is 8.74. The smallest absolute Gasteiger partial charge is 0.258 e. The van der Waals surface area contributed by atoms with E-state index in [9.17, 15) is 0 Å². The molecule has 5 nitrogen and oxygen atoms in total. The molecule has 3 heterocycles. The van der Waals surface area contributed by atoms with Gasteiger partial charge in [-0.3, -0.25) is 4.90 Å². The maximum Gasteiger partial charge on any atom is 0.258 e. The molecule has 4 aromatic rings. The highest BCUT2D eigenvalue weighted by Gasteiger charge is 2.35. The Morgan fingerprint density at radius 3 is 2.55 bits per heavy atom. The first kappa shape index (κ1) is 21.8. The summed E-state index contributed by atoms with van der Waals surface area (Å²) in [5.41, 5.74) is 6.07. The maximum absolute atomic E-state index is 6.32. The first-order valence-corrected chi connectivity index (χ1v) is 12.1. The fourth-order valence-electron chi connectivity index (χ4n) is 4.19. The summed E-state index contributed by atoms with van der Waals surface area (Å²) in [7, 11) is 0. The number of allylic oxidation sites excluding steroid dienone is 1. The van der Waals surface area contributed by atoms with Crippen molar-refractivity contribution in [3.63, 3.8) is 0 Å². The molecule has 166 valence electrons. The van der Waals surface area contributed by atoms with Gasteiger partial charge in [0.2, 0.25) is 5.82 Å². The van der Waals surface area contributed by atoms with Crippen molar-refractivity contribution in [2.24, 2.45) is 0 Å². The van der Waals surface area contributed by atoms with Crippen molar-refractivity contribution < 1.29 is 4.52 Å². The molecule has 0 spiro atoms. The highest BCUT2D eigenvalue weighted by Crippen LogP contribution is 2.40. The first-order chi connectivity index (χ1) is 15.9. The molecule has 1 N–H and O–H groups in total. The molecule has 2 aromatic heterocycles. The Morgan fingerprint density at radius 1 is 1.06 bits per heavy atom. The summed E-state index contributed by atoms with van der Waals surface area (Å²) < 4.78 is 5.79. The first-order valence-electron chi connectivity index (χ1n) is 10.4. The van der Waals surface area contributed by atoms with E-state index >= 15 is 0 Å². The Hall–Kier alpha value is -3.00. The van der Waals surface area contributed by atoms with E-state index in [-0.39, 0.29) is 6.04 Å². The van der Waals surface area contributed by atoms with Crippen LogP contribution >= 0.6 is 35.2 Å². The van der Waals surface area contributed by atoms with Crippen LogP contribution in [0.1, 0.15) is 35.5 Å². The van der Waals surface area contributed by atoms with Crippen molar-refractivity contribution in [3.8, 4) is 10.7 Å². The highest BCUT2D eigenvalue weighted by molar-refractivity contribution is 7.80. The standard InChI is InChI=1S/C25H21ClN4OS2/c1-14-10-15(2)12-19(11-14)30-16(3)21(24-28-23(29-31-24)20-8-5-9-33-20)22(27-25(30)32)17-6-4-7-18(26)13-17/h4-13,22H,1-3H3,(H,27,32). The van der Waals surface area contributed by atoms with Gasteiger partial charge in [-0.1, -0.05) is 41.0 Å². The zero-order chi connectivity index (χ0) is 23.1. The number of aromatic nitrogens is 2. The molecule has 0 radical (unpaired) electrons. The van der Waals surface area contributed by atoms with Crippen LogP contribution in [0, 0.1) is 13.8 Å². The van der Waals surface area contributed by atoms with Crippen molar-refractivity contribution >= 4 is 51.5 Å². The van der Waals surface area contributed by atoms with Gasteiger partial charge in [-0.2, -0.15) is 4.98 Å². The molecule has 0 fully saturated rings. The van der Waals surface area contributed by atoms with Gasteiger partial charge in [0.05, 0.1) is 16.5 Å². The molecule has 33 heavy (non-hydrogen) atoms. The lowest BCUT2D eigenvalue weighted by Gasteiger charge is -2.37. The number of thiocarbonyl (C=S) groups is 1. The number of aryl methyl sites for hydroxylation is 2. The molecule has 1 aliphatic heterocycles. The largest absolute Gasteiger partial charge is 0.351 e. The lowest BCUT2D eigenvalue weighted by molar-refractivity contribution is 0.404. The number of thiophene rings is 1. The second-order valence-corrected chi connectivity index (χ2v) is 9.79. The van der Waals surface area contributed by atoms with Crippen molar-refractivity contribution in [1.29, 1.82) is 0 Å². The molecule has 1 aliphatic rings. The fourth-order valence-corrected chi connectivity index (χ4v) is 5.39. The van der Waals surface area contributed by atoms with E-state index in [2.05, 4.69) is 42.5 Å². The zero-order valence-corrected chi connectivity index (χ0v) is 20.7. The minimum Gasteiger partial charge on any atom is -0.351 e. The Bertz CT molecular complexity index is 1360. The topological polar surface area (TPSA) is 54.2 Å². The van der Waals surface area contributed by atoms with Gasteiger partial charge in [0.15, 0.2) is 5.11 Å². The normalized spacial score (nSPS) is 16.3. The van der Waals surface area contributed by atoms with Crippen LogP contribution < -0.4 is 10.2 Å². The van der Waals surface area contributed by atoms with Crippen LogP contribution in [0.5, 0.6) is 0 Å². The van der Waals surface area contributed by atoms with E-state index in [4.69, 9.17) is 33.3 Å². The predicted octanol–water partition coefficient (Wildman–Crippen LogP) is 6.94. The Balaban J connectivity index is 1.69. The number of hydrogen-bond acceptors (Lipinski definition) is 5. The summed E-state index contributed by atoms with van der Waals surface area (Å²) >= 11 is 13.7. The van der Waals surface area contributed by atoms with Crippen molar-refractivity contribution in [2.75, 3.05) is 4.90 Å². The fraction of sp³-hybridized carbons (Fsp3) is 0.160. The minimum absolute atomic E-state index is 0.282. The number of rotatable bonds is 4. The van der Waals surface area contributed by atoms with Crippen LogP contribution in [0.2, 0.25) is 5.02 Å². The molecule has 8 heteroatoms. The average Bonchev–Trinajstić information content (AvgIpc) is 3.45. The molecular weight excluding hydrogens is 472 g/mol. The summed E-state index contributed by atoms with van der Waals surface area (Å²) in [6.45, 7) is 6.20. The minimum atomic E-state index is -0.282. The van der Waals surface area contributed by atoms with Gasteiger partial charge in [0.1, 0.15) is 0 Å². The predicted molar refractivity (Wildman–Crippen MR) is 139 cm³/mol. The van der Waals surface area contributed by atoms with E-state index in [1.165, 1.54) is 0 Å². The Kier molecular flexibility index (Phi) is 5.78. The van der Waals surface area contributed by atoms with Crippen molar-refractivity contribution in [3.05, 3.63) is 93.3 Å². The molecule has 1 unspecified atom stereocenters. The third kappa shape index (κ3) is 4.19. The van der Waals surface area contributed by atoms with Crippen LogP contribution in [0.15, 0.2) is 70.2 Å². The molecule has 2 aromatic carbocycles. The molecular formula is C25H21ClN4OS2. The van der Waals surface area contributed by atoms with Crippen LogP contribution in [-0.4, -0.2) is 15.3 Å². The third-order valence-electron chi connectivity index (χ3n) is 5.53.